The first kappa shape index (κ1) is 17.2. The van der Waals surface area contributed by atoms with Gasteiger partial charge < -0.3 is 0 Å². The Morgan fingerprint density at radius 1 is 0.500 bits per heavy atom. The van der Waals surface area contributed by atoms with E-state index in [9.17, 15) is 0 Å². The quantitative estimate of drug-likeness (QED) is 0.372. The van der Waals surface area contributed by atoms with Gasteiger partial charge in [0.1, 0.15) is 23.2 Å². The maximum atomic E-state index is 2.49. The average Bonchev–Trinajstić information content (AvgIpc) is 3.06. The molecule has 1 aliphatic rings. The van der Waals surface area contributed by atoms with Crippen LogP contribution in [0.1, 0.15) is 16.7 Å². The van der Waals surface area contributed by atoms with Crippen LogP contribution in [0.15, 0.2) is 115 Å². The molecule has 5 rings (SSSR count). The largest absolute Gasteiger partial charge is 0.120 e. The summed E-state index contributed by atoms with van der Waals surface area (Å²) >= 11 is 0. The van der Waals surface area contributed by atoms with Gasteiger partial charge in [-0.1, -0.05) is 97.1 Å². The smallest absolute Gasteiger partial charge is 0.0622 e. The molecule has 134 valence electrons. The molecule has 0 aliphatic carbocycles. The summed E-state index contributed by atoms with van der Waals surface area (Å²) in [6.45, 7) is 2.49. The number of fused-ring (bicyclic) bond motifs is 1. The summed E-state index contributed by atoms with van der Waals surface area (Å²) in [6, 6.07) is 41.9. The highest BCUT2D eigenvalue weighted by Gasteiger charge is 2.51. The van der Waals surface area contributed by atoms with Gasteiger partial charge in [0.15, 0.2) is 0 Å². The lowest BCUT2D eigenvalue weighted by molar-refractivity contribution is 1.58. The number of hydrogen-bond donors (Lipinski definition) is 0. The van der Waals surface area contributed by atoms with Crippen LogP contribution in [0.3, 0.4) is 0 Å². The van der Waals surface area contributed by atoms with Crippen molar-refractivity contribution in [3.8, 4) is 0 Å². The Morgan fingerprint density at radius 2 is 1.00 bits per heavy atom. The molecule has 0 fully saturated rings. The molecular weight excluding hydrogens is 355 g/mol. The molecule has 0 nitrogen and oxygen atoms in total. The van der Waals surface area contributed by atoms with Gasteiger partial charge in [-0.15, -0.1) is 0 Å². The number of benzene rings is 4. The highest BCUT2D eigenvalue weighted by Crippen LogP contribution is 2.71. The zero-order valence-corrected chi connectivity index (χ0v) is 16.8. The van der Waals surface area contributed by atoms with E-state index < -0.39 is 7.26 Å². The van der Waals surface area contributed by atoms with E-state index in [0.29, 0.717) is 0 Å². The van der Waals surface area contributed by atoms with Gasteiger partial charge in [-0.3, -0.25) is 0 Å². The normalized spacial score (nSPS) is 18.2. The van der Waals surface area contributed by atoms with Crippen molar-refractivity contribution in [2.45, 2.75) is 0 Å². The summed E-state index contributed by atoms with van der Waals surface area (Å²) in [5, 5.41) is 4.41. The van der Waals surface area contributed by atoms with Gasteiger partial charge in [0.2, 0.25) is 0 Å². The molecule has 1 unspecified atom stereocenters. The summed E-state index contributed by atoms with van der Waals surface area (Å²) in [7, 11) is -1.74. The van der Waals surface area contributed by atoms with Gasteiger partial charge in [0, 0.05) is 16.7 Å². The minimum atomic E-state index is -1.74. The summed E-state index contributed by atoms with van der Waals surface area (Å²) in [4.78, 5) is 0. The summed E-state index contributed by atoms with van der Waals surface area (Å²) < 4.78 is 0. The van der Waals surface area contributed by atoms with E-state index >= 15 is 0 Å². The molecular formula is C27H22P+. The lowest BCUT2D eigenvalue weighted by Gasteiger charge is -2.22. The lowest BCUT2D eigenvalue weighted by atomic mass is 9.96. The summed E-state index contributed by atoms with van der Waals surface area (Å²) in [6.07, 6.45) is 0. The molecule has 0 aromatic heterocycles. The van der Waals surface area contributed by atoms with Crippen LogP contribution in [0, 0.1) is 0 Å². The van der Waals surface area contributed by atoms with Crippen molar-refractivity contribution in [2.24, 2.45) is 0 Å². The predicted octanol–water partition coefficient (Wildman–Crippen LogP) is 6.22. The molecule has 1 heteroatoms. The van der Waals surface area contributed by atoms with Gasteiger partial charge >= 0.3 is 0 Å². The Bertz CT molecular complexity index is 1140. The van der Waals surface area contributed by atoms with E-state index in [1.807, 2.05) is 0 Å². The minimum absolute atomic E-state index is 1.30. The van der Waals surface area contributed by atoms with Crippen molar-refractivity contribution in [1.29, 1.82) is 0 Å². The average molecular weight is 377 g/mol. The molecule has 4 aromatic rings. The van der Waals surface area contributed by atoms with Crippen molar-refractivity contribution < 1.29 is 0 Å². The number of hydrogen-bond acceptors (Lipinski definition) is 0. The fourth-order valence-electron chi connectivity index (χ4n) is 4.44. The van der Waals surface area contributed by atoms with Gasteiger partial charge in [-0.05, 0) is 23.8 Å². The predicted molar refractivity (Wildman–Crippen MR) is 124 cm³/mol. The van der Waals surface area contributed by atoms with Gasteiger partial charge in [0.25, 0.3) is 0 Å². The summed E-state index contributed by atoms with van der Waals surface area (Å²) in [5.74, 6) is 0. The molecule has 0 saturated carbocycles. The van der Waals surface area contributed by atoms with Crippen molar-refractivity contribution in [2.75, 3.05) is 6.66 Å². The molecule has 0 spiro atoms. The van der Waals surface area contributed by atoms with Crippen LogP contribution in [0.2, 0.25) is 0 Å². The van der Waals surface area contributed by atoms with Gasteiger partial charge in [0.05, 0.1) is 6.66 Å². The maximum Gasteiger partial charge on any atom is 0.120 e. The van der Waals surface area contributed by atoms with Gasteiger partial charge in [-0.2, -0.15) is 0 Å². The van der Waals surface area contributed by atoms with Crippen molar-refractivity contribution in [3.63, 3.8) is 0 Å². The molecule has 1 atom stereocenters. The third-order valence-corrected chi connectivity index (χ3v) is 9.78. The first-order valence-corrected chi connectivity index (χ1v) is 11.9. The molecule has 4 aromatic carbocycles. The monoisotopic (exact) mass is 377 g/mol. The van der Waals surface area contributed by atoms with Crippen LogP contribution in [-0.4, -0.2) is 6.66 Å². The van der Waals surface area contributed by atoms with Crippen LogP contribution >= 0.6 is 7.26 Å². The first-order valence-electron chi connectivity index (χ1n) is 9.68. The topological polar surface area (TPSA) is 0 Å². The molecule has 0 amide bonds. The molecule has 0 N–H and O–H groups in total. The van der Waals surface area contributed by atoms with Crippen molar-refractivity contribution >= 4 is 28.8 Å². The molecule has 1 heterocycles. The summed E-state index contributed by atoms with van der Waals surface area (Å²) in [5.41, 5.74) is 5.40. The zero-order chi connectivity index (χ0) is 19.0. The molecule has 0 radical (unpaired) electrons. The fraction of sp³-hybridized carbons (Fsp3) is 0.0370. The van der Waals surface area contributed by atoms with Crippen molar-refractivity contribution in [3.05, 3.63) is 132 Å². The van der Waals surface area contributed by atoms with Crippen LogP contribution in [0.5, 0.6) is 0 Å². The Morgan fingerprint density at radius 3 is 1.64 bits per heavy atom. The van der Waals surface area contributed by atoms with Crippen LogP contribution in [0.4, 0.5) is 0 Å². The van der Waals surface area contributed by atoms with Crippen LogP contribution in [-0.2, 0) is 0 Å². The highest BCUT2D eigenvalue weighted by atomic mass is 31.2. The Kier molecular flexibility index (Phi) is 4.23. The lowest BCUT2D eigenvalue weighted by Crippen LogP contribution is -2.20. The Labute approximate surface area is 167 Å². The van der Waals surface area contributed by atoms with E-state index in [-0.39, 0.29) is 0 Å². The second-order valence-corrected chi connectivity index (χ2v) is 10.8. The maximum absolute atomic E-state index is 2.49. The van der Waals surface area contributed by atoms with E-state index in [2.05, 4.69) is 122 Å². The fourth-order valence-corrected chi connectivity index (χ4v) is 8.40. The molecule has 28 heavy (non-hydrogen) atoms. The molecule has 1 aliphatic heterocycles. The van der Waals surface area contributed by atoms with E-state index in [1.165, 1.54) is 38.2 Å². The standard InChI is InChI=1S/C27H22P/c1-28(23-17-9-4-10-18-23)25-20-12-11-19-24(25)26(21-13-5-2-6-14-21)27(28)22-15-7-3-8-16-22/h2-20H,1H3/q+1. The minimum Gasteiger partial charge on any atom is -0.0622 e. The van der Waals surface area contributed by atoms with Gasteiger partial charge in [-0.25, -0.2) is 0 Å². The molecule has 0 bridgehead atoms. The van der Waals surface area contributed by atoms with E-state index in [1.54, 1.807) is 0 Å². The van der Waals surface area contributed by atoms with E-state index in [0.717, 1.165) is 0 Å². The third-order valence-electron chi connectivity index (χ3n) is 5.72. The number of rotatable bonds is 3. The first-order chi connectivity index (χ1) is 13.8. The van der Waals surface area contributed by atoms with E-state index in [4.69, 9.17) is 0 Å². The van der Waals surface area contributed by atoms with Crippen molar-refractivity contribution in [1.82, 2.24) is 0 Å². The third kappa shape index (κ3) is 2.57. The van der Waals surface area contributed by atoms with Crippen LogP contribution in [0.25, 0.3) is 10.9 Å². The second-order valence-electron chi connectivity index (χ2n) is 7.31. The zero-order valence-electron chi connectivity index (χ0n) is 15.9. The SMILES string of the molecule is C[P+]1(c2ccccc2)C(c2ccccc2)=C(c2ccccc2)c2ccccc21. The second kappa shape index (κ2) is 6.89. The Balaban J connectivity index is 1.92. The molecule has 0 saturated heterocycles. The van der Waals surface area contributed by atoms with Crippen LogP contribution < -0.4 is 10.6 Å². The Hall–Kier alpha value is -2.95. The highest BCUT2D eigenvalue weighted by molar-refractivity contribution is 7.98.